The Morgan fingerprint density at radius 2 is 1.94 bits per heavy atom. The molecule has 0 fully saturated rings. The third kappa shape index (κ3) is 3.63. The molecule has 1 aromatic carbocycles. The number of alkyl halides is 1. The number of carbonyl (C=O) groups is 1. The molecule has 0 heterocycles. The highest BCUT2D eigenvalue weighted by molar-refractivity contribution is 6.30. The first-order chi connectivity index (χ1) is 8.10. The van der Waals surface area contributed by atoms with Crippen molar-refractivity contribution in [3.8, 4) is 11.5 Å². The van der Waals surface area contributed by atoms with Gasteiger partial charge in [0.15, 0.2) is 5.78 Å². The Kier molecular flexibility index (Phi) is 5.29. The van der Waals surface area contributed by atoms with E-state index in [0.29, 0.717) is 12.0 Å². The summed E-state index contributed by atoms with van der Waals surface area (Å²) in [5, 5.41) is 19.2. The molecule has 0 unspecified atom stereocenters. The number of phenols is 2. The third-order valence-corrected chi connectivity index (χ3v) is 2.91. The molecule has 0 aliphatic rings. The highest BCUT2D eigenvalue weighted by atomic mass is 35.5. The third-order valence-electron chi connectivity index (χ3n) is 2.67. The number of rotatable bonds is 6. The largest absolute Gasteiger partial charge is 0.508 e. The summed E-state index contributed by atoms with van der Waals surface area (Å²) >= 11 is 5.45. The Morgan fingerprint density at radius 3 is 2.53 bits per heavy atom. The van der Waals surface area contributed by atoms with Crippen LogP contribution in [0.1, 0.15) is 42.1 Å². The van der Waals surface area contributed by atoms with Gasteiger partial charge in [0.05, 0.1) is 11.4 Å². The standard InChI is InChI=1S/C13H17ClO3/c1-2-3-4-5-9-6-10(13(17)8-14)12(16)7-11(9)15/h6-7,15-16H,2-5,8H2,1H3. The second-order valence-electron chi connectivity index (χ2n) is 4.01. The molecule has 0 saturated heterocycles. The van der Waals surface area contributed by atoms with E-state index in [1.54, 1.807) is 0 Å². The zero-order chi connectivity index (χ0) is 12.8. The minimum absolute atomic E-state index is 0.0322. The van der Waals surface area contributed by atoms with Gasteiger partial charge >= 0.3 is 0 Å². The van der Waals surface area contributed by atoms with E-state index in [2.05, 4.69) is 6.92 Å². The Morgan fingerprint density at radius 1 is 1.24 bits per heavy atom. The molecular weight excluding hydrogens is 240 g/mol. The first-order valence-corrected chi connectivity index (χ1v) is 6.27. The maximum absolute atomic E-state index is 11.5. The smallest absolute Gasteiger partial charge is 0.181 e. The number of carbonyl (C=O) groups excluding carboxylic acids is 1. The number of hydrogen-bond donors (Lipinski definition) is 2. The van der Waals surface area contributed by atoms with Crippen LogP contribution in [0.4, 0.5) is 0 Å². The van der Waals surface area contributed by atoms with Gasteiger partial charge in [0, 0.05) is 6.07 Å². The fourth-order valence-corrected chi connectivity index (χ4v) is 1.83. The molecule has 0 aromatic heterocycles. The summed E-state index contributed by atoms with van der Waals surface area (Å²) in [5.74, 6) is -0.690. The van der Waals surface area contributed by atoms with E-state index in [9.17, 15) is 15.0 Å². The van der Waals surface area contributed by atoms with Crippen molar-refractivity contribution in [1.29, 1.82) is 0 Å². The molecule has 94 valence electrons. The second kappa shape index (κ2) is 6.50. The predicted octanol–water partition coefficient (Wildman–Crippen LogP) is 3.25. The van der Waals surface area contributed by atoms with Crippen LogP contribution in [-0.4, -0.2) is 21.9 Å². The molecule has 17 heavy (non-hydrogen) atoms. The summed E-state index contributed by atoms with van der Waals surface area (Å²) in [7, 11) is 0. The number of Topliss-reactive ketones (excluding diaryl/α,β-unsaturated/α-hetero) is 1. The van der Waals surface area contributed by atoms with Crippen molar-refractivity contribution >= 4 is 17.4 Å². The Labute approximate surface area is 106 Å². The summed E-state index contributed by atoms with van der Waals surface area (Å²) in [5.41, 5.74) is 0.869. The van der Waals surface area contributed by atoms with Gasteiger partial charge in [0.1, 0.15) is 11.5 Å². The van der Waals surface area contributed by atoms with E-state index >= 15 is 0 Å². The molecule has 0 bridgehead atoms. The predicted molar refractivity (Wildman–Crippen MR) is 68.1 cm³/mol. The SMILES string of the molecule is CCCCCc1cc(C(=O)CCl)c(O)cc1O. The number of unbranched alkanes of at least 4 members (excludes halogenated alkanes) is 2. The molecule has 1 rings (SSSR count). The molecule has 0 radical (unpaired) electrons. The summed E-state index contributed by atoms with van der Waals surface area (Å²) in [6, 6.07) is 2.74. The Balaban J connectivity index is 2.93. The lowest BCUT2D eigenvalue weighted by Gasteiger charge is -2.08. The van der Waals surface area contributed by atoms with Crippen LogP contribution in [0.5, 0.6) is 11.5 Å². The molecule has 2 N–H and O–H groups in total. The average molecular weight is 257 g/mol. The molecule has 1 aromatic rings. The van der Waals surface area contributed by atoms with Gasteiger partial charge in [0.25, 0.3) is 0 Å². The molecule has 3 nitrogen and oxygen atoms in total. The van der Waals surface area contributed by atoms with Crippen molar-refractivity contribution in [2.24, 2.45) is 0 Å². The lowest BCUT2D eigenvalue weighted by Crippen LogP contribution is -2.02. The lowest BCUT2D eigenvalue weighted by atomic mass is 10.0. The fraction of sp³-hybridized carbons (Fsp3) is 0.462. The van der Waals surface area contributed by atoms with Gasteiger partial charge in [-0.05, 0) is 24.5 Å². The van der Waals surface area contributed by atoms with Crippen molar-refractivity contribution < 1.29 is 15.0 Å². The van der Waals surface area contributed by atoms with Crippen LogP contribution >= 0.6 is 11.6 Å². The van der Waals surface area contributed by atoms with E-state index in [1.165, 1.54) is 12.1 Å². The Bertz CT molecular complexity index is 402. The van der Waals surface area contributed by atoms with Crippen LogP contribution in [0.3, 0.4) is 0 Å². The number of aryl methyl sites for hydroxylation is 1. The van der Waals surface area contributed by atoms with E-state index in [0.717, 1.165) is 19.3 Å². The van der Waals surface area contributed by atoms with Gasteiger partial charge in [-0.25, -0.2) is 0 Å². The van der Waals surface area contributed by atoms with E-state index in [1.807, 2.05) is 0 Å². The summed E-state index contributed by atoms with van der Waals surface area (Å²) in [6.45, 7) is 2.10. The molecular formula is C13H17ClO3. The number of phenolic OH excluding ortho intramolecular Hbond substituents is 2. The molecule has 0 amide bonds. The van der Waals surface area contributed by atoms with Gasteiger partial charge in [-0.2, -0.15) is 0 Å². The highest BCUT2D eigenvalue weighted by Gasteiger charge is 2.14. The van der Waals surface area contributed by atoms with Crippen LogP contribution < -0.4 is 0 Å². The van der Waals surface area contributed by atoms with Crippen molar-refractivity contribution in [3.05, 3.63) is 23.3 Å². The first kappa shape index (κ1) is 13.8. The quantitative estimate of drug-likeness (QED) is 0.467. The van der Waals surface area contributed by atoms with Gasteiger partial charge in [-0.3, -0.25) is 4.79 Å². The topological polar surface area (TPSA) is 57.5 Å². The van der Waals surface area contributed by atoms with Crippen molar-refractivity contribution in [3.63, 3.8) is 0 Å². The summed E-state index contributed by atoms with van der Waals surface area (Å²) < 4.78 is 0. The lowest BCUT2D eigenvalue weighted by molar-refractivity contribution is 0.101. The number of aromatic hydroxyl groups is 2. The van der Waals surface area contributed by atoms with Crippen molar-refractivity contribution in [2.75, 3.05) is 5.88 Å². The van der Waals surface area contributed by atoms with Crippen molar-refractivity contribution in [2.45, 2.75) is 32.6 Å². The maximum atomic E-state index is 11.5. The van der Waals surface area contributed by atoms with E-state index in [4.69, 9.17) is 11.6 Å². The van der Waals surface area contributed by atoms with Gasteiger partial charge < -0.3 is 10.2 Å². The number of benzene rings is 1. The average Bonchev–Trinajstić information content (AvgIpc) is 2.31. The van der Waals surface area contributed by atoms with Crippen LogP contribution in [-0.2, 0) is 6.42 Å². The minimum atomic E-state index is -0.332. The van der Waals surface area contributed by atoms with Crippen LogP contribution in [0.2, 0.25) is 0 Å². The van der Waals surface area contributed by atoms with Crippen LogP contribution in [0, 0.1) is 0 Å². The van der Waals surface area contributed by atoms with Gasteiger partial charge in [0.2, 0.25) is 0 Å². The summed E-state index contributed by atoms with van der Waals surface area (Å²) in [4.78, 5) is 11.5. The van der Waals surface area contributed by atoms with E-state index < -0.39 is 0 Å². The van der Waals surface area contributed by atoms with Crippen molar-refractivity contribution in [1.82, 2.24) is 0 Å². The Hall–Kier alpha value is -1.22. The number of halogens is 1. The molecule has 0 aliphatic heterocycles. The molecule has 0 spiro atoms. The second-order valence-corrected chi connectivity index (χ2v) is 4.28. The van der Waals surface area contributed by atoms with Gasteiger partial charge in [-0.1, -0.05) is 19.8 Å². The molecule has 0 atom stereocenters. The first-order valence-electron chi connectivity index (χ1n) is 5.74. The minimum Gasteiger partial charge on any atom is -0.508 e. The number of hydrogen-bond acceptors (Lipinski definition) is 3. The normalized spacial score (nSPS) is 10.5. The number of ketones is 1. The monoisotopic (exact) mass is 256 g/mol. The molecule has 4 heteroatoms. The molecule has 0 aliphatic carbocycles. The maximum Gasteiger partial charge on any atom is 0.181 e. The summed E-state index contributed by atoms with van der Waals surface area (Å²) in [6.07, 6.45) is 3.80. The van der Waals surface area contributed by atoms with Crippen LogP contribution in [0.25, 0.3) is 0 Å². The highest BCUT2D eigenvalue weighted by Crippen LogP contribution is 2.29. The van der Waals surface area contributed by atoms with E-state index in [-0.39, 0.29) is 28.7 Å². The zero-order valence-corrected chi connectivity index (χ0v) is 10.6. The zero-order valence-electron chi connectivity index (χ0n) is 9.87. The van der Waals surface area contributed by atoms with Gasteiger partial charge in [-0.15, -0.1) is 11.6 Å². The molecule has 0 saturated carbocycles. The fourth-order valence-electron chi connectivity index (χ4n) is 1.68. The van der Waals surface area contributed by atoms with Crippen LogP contribution in [0.15, 0.2) is 12.1 Å².